The van der Waals surface area contributed by atoms with Crippen LogP contribution >= 0.6 is 0 Å². The van der Waals surface area contributed by atoms with Gasteiger partial charge in [0.05, 0.1) is 29.7 Å². The van der Waals surface area contributed by atoms with E-state index in [0.29, 0.717) is 48.3 Å². The molecule has 150 valence electrons. The van der Waals surface area contributed by atoms with E-state index < -0.39 is 0 Å². The smallest absolute Gasteiger partial charge is 0.258 e. The lowest BCUT2D eigenvalue weighted by atomic mass is 10.2. The number of carbonyl (C=O) groups excluding carboxylic acids is 1. The Morgan fingerprint density at radius 3 is 2.55 bits per heavy atom. The summed E-state index contributed by atoms with van der Waals surface area (Å²) in [6.45, 7) is 3.70. The summed E-state index contributed by atoms with van der Waals surface area (Å²) in [5.41, 5.74) is 2.07. The van der Waals surface area contributed by atoms with E-state index in [1.807, 2.05) is 6.92 Å². The predicted octanol–water partition coefficient (Wildman–Crippen LogP) is 3.46. The molecule has 3 rings (SSSR count). The van der Waals surface area contributed by atoms with Crippen molar-refractivity contribution in [2.45, 2.75) is 6.92 Å². The summed E-state index contributed by atoms with van der Waals surface area (Å²) in [6, 6.07) is 7.54. The molecule has 0 fully saturated rings. The number of anilines is 4. The van der Waals surface area contributed by atoms with Crippen LogP contribution in [0.4, 0.5) is 27.4 Å². The van der Waals surface area contributed by atoms with E-state index >= 15 is 0 Å². The van der Waals surface area contributed by atoms with Crippen molar-refractivity contribution in [2.24, 2.45) is 0 Å². The van der Waals surface area contributed by atoms with E-state index in [-0.39, 0.29) is 11.7 Å². The quantitative estimate of drug-likeness (QED) is 0.476. The van der Waals surface area contributed by atoms with Gasteiger partial charge in [-0.2, -0.15) is 0 Å². The van der Waals surface area contributed by atoms with Crippen LogP contribution in [0.3, 0.4) is 0 Å². The standard InChI is InChI=1S/C20H21FN6O2/c1-2-29-10-9-23-20-24-11-14(12-25-20)19(28)27-17-7-8-22-13-18(17)26-16-5-3-15(21)4-6-16/h3-8,11-13,26H,2,9-10H2,1H3,(H,22,27,28)(H,23,24,25). The van der Waals surface area contributed by atoms with Crippen molar-refractivity contribution >= 4 is 28.9 Å². The van der Waals surface area contributed by atoms with Crippen molar-refractivity contribution < 1.29 is 13.9 Å². The van der Waals surface area contributed by atoms with E-state index in [0.717, 1.165) is 0 Å². The molecule has 3 aromatic rings. The van der Waals surface area contributed by atoms with Crippen molar-refractivity contribution in [1.82, 2.24) is 15.0 Å². The van der Waals surface area contributed by atoms with Crippen LogP contribution in [0, 0.1) is 5.82 Å². The number of pyridine rings is 1. The Kier molecular flexibility index (Phi) is 7.01. The lowest BCUT2D eigenvalue weighted by Crippen LogP contribution is -2.15. The summed E-state index contributed by atoms with van der Waals surface area (Å²) in [6.07, 6.45) is 6.02. The Balaban J connectivity index is 1.64. The van der Waals surface area contributed by atoms with Crippen LogP contribution in [-0.4, -0.2) is 40.6 Å². The minimum absolute atomic E-state index is 0.310. The first-order valence-corrected chi connectivity index (χ1v) is 9.07. The third-order valence-electron chi connectivity index (χ3n) is 3.84. The number of aromatic nitrogens is 3. The monoisotopic (exact) mass is 396 g/mol. The van der Waals surface area contributed by atoms with Crippen molar-refractivity contribution in [1.29, 1.82) is 0 Å². The molecule has 8 nitrogen and oxygen atoms in total. The first-order valence-electron chi connectivity index (χ1n) is 9.07. The molecule has 1 amide bonds. The molecule has 1 aromatic carbocycles. The second kappa shape index (κ2) is 10.1. The van der Waals surface area contributed by atoms with Gasteiger partial charge in [-0.15, -0.1) is 0 Å². The Morgan fingerprint density at radius 2 is 1.83 bits per heavy atom. The average Bonchev–Trinajstić information content (AvgIpc) is 2.74. The number of halogens is 1. The third kappa shape index (κ3) is 5.94. The van der Waals surface area contributed by atoms with E-state index in [1.165, 1.54) is 24.5 Å². The van der Waals surface area contributed by atoms with Gasteiger partial charge in [-0.3, -0.25) is 9.78 Å². The van der Waals surface area contributed by atoms with Gasteiger partial charge in [0.2, 0.25) is 5.95 Å². The molecular weight excluding hydrogens is 375 g/mol. The normalized spacial score (nSPS) is 10.4. The number of nitrogens with zero attached hydrogens (tertiary/aromatic N) is 3. The first-order chi connectivity index (χ1) is 14.2. The van der Waals surface area contributed by atoms with Crippen LogP contribution in [0.15, 0.2) is 55.1 Å². The summed E-state index contributed by atoms with van der Waals surface area (Å²) in [7, 11) is 0. The highest BCUT2D eigenvalue weighted by atomic mass is 19.1. The van der Waals surface area contributed by atoms with Crippen molar-refractivity contribution in [3.63, 3.8) is 0 Å². The molecule has 2 heterocycles. The summed E-state index contributed by atoms with van der Waals surface area (Å²) in [5, 5.41) is 8.92. The van der Waals surface area contributed by atoms with E-state index in [9.17, 15) is 9.18 Å². The molecule has 3 N–H and O–H groups in total. The predicted molar refractivity (Wildman–Crippen MR) is 109 cm³/mol. The third-order valence-corrected chi connectivity index (χ3v) is 3.84. The molecule has 0 saturated heterocycles. The van der Waals surface area contributed by atoms with Gasteiger partial charge in [-0.1, -0.05) is 0 Å². The van der Waals surface area contributed by atoms with Crippen LogP contribution in [0.1, 0.15) is 17.3 Å². The first kappa shape index (κ1) is 20.2. The van der Waals surface area contributed by atoms with Crippen LogP contribution in [-0.2, 0) is 4.74 Å². The van der Waals surface area contributed by atoms with Gasteiger partial charge in [-0.25, -0.2) is 14.4 Å². The summed E-state index contributed by atoms with van der Waals surface area (Å²) in [5.74, 6) is -0.269. The SMILES string of the molecule is CCOCCNc1ncc(C(=O)Nc2ccncc2Nc2ccc(F)cc2)cn1. The Hall–Kier alpha value is -3.59. The number of hydrogen-bond acceptors (Lipinski definition) is 7. The number of carbonyl (C=O) groups is 1. The van der Waals surface area contributed by atoms with E-state index in [4.69, 9.17) is 4.74 Å². The fourth-order valence-electron chi connectivity index (χ4n) is 2.40. The maximum Gasteiger partial charge on any atom is 0.258 e. The number of nitrogens with one attached hydrogen (secondary N) is 3. The number of ether oxygens (including phenoxy) is 1. The van der Waals surface area contributed by atoms with Gasteiger partial charge in [0.25, 0.3) is 5.91 Å². The van der Waals surface area contributed by atoms with Crippen molar-refractivity contribution in [3.8, 4) is 0 Å². The molecule has 0 saturated carbocycles. The van der Waals surface area contributed by atoms with Gasteiger partial charge < -0.3 is 20.7 Å². The van der Waals surface area contributed by atoms with Gasteiger partial charge >= 0.3 is 0 Å². The van der Waals surface area contributed by atoms with Crippen LogP contribution < -0.4 is 16.0 Å². The average molecular weight is 396 g/mol. The zero-order chi connectivity index (χ0) is 20.5. The van der Waals surface area contributed by atoms with Gasteiger partial charge in [0.1, 0.15) is 5.82 Å². The largest absolute Gasteiger partial charge is 0.380 e. The highest BCUT2D eigenvalue weighted by molar-refractivity contribution is 6.05. The zero-order valence-corrected chi connectivity index (χ0v) is 15.9. The fourth-order valence-corrected chi connectivity index (χ4v) is 2.40. The molecule has 0 unspecified atom stereocenters. The number of hydrogen-bond donors (Lipinski definition) is 3. The number of rotatable bonds is 9. The molecule has 2 aromatic heterocycles. The number of benzene rings is 1. The molecule has 0 radical (unpaired) electrons. The maximum atomic E-state index is 13.1. The molecule has 0 spiro atoms. The molecule has 9 heteroatoms. The van der Waals surface area contributed by atoms with Crippen LogP contribution in [0.25, 0.3) is 0 Å². The highest BCUT2D eigenvalue weighted by Gasteiger charge is 2.11. The molecule has 0 aliphatic rings. The van der Waals surface area contributed by atoms with Gasteiger partial charge in [0.15, 0.2) is 0 Å². The maximum absolute atomic E-state index is 13.1. The van der Waals surface area contributed by atoms with Crippen LogP contribution in [0.5, 0.6) is 0 Å². The number of amides is 1. The molecular formula is C20H21FN6O2. The van der Waals surface area contributed by atoms with Crippen molar-refractivity contribution in [3.05, 3.63) is 66.5 Å². The van der Waals surface area contributed by atoms with Crippen LogP contribution in [0.2, 0.25) is 0 Å². The van der Waals surface area contributed by atoms with Gasteiger partial charge in [0, 0.05) is 37.4 Å². The fraction of sp³-hybridized carbons (Fsp3) is 0.200. The van der Waals surface area contributed by atoms with E-state index in [1.54, 1.807) is 30.6 Å². The molecule has 0 atom stereocenters. The second-order valence-electron chi connectivity index (χ2n) is 5.93. The topological polar surface area (TPSA) is 101 Å². The molecule has 0 aliphatic heterocycles. The Morgan fingerprint density at radius 1 is 1.07 bits per heavy atom. The minimum atomic E-state index is -0.362. The lowest BCUT2D eigenvalue weighted by Gasteiger charge is -2.12. The minimum Gasteiger partial charge on any atom is -0.380 e. The summed E-state index contributed by atoms with van der Waals surface area (Å²) >= 11 is 0. The highest BCUT2D eigenvalue weighted by Crippen LogP contribution is 2.24. The lowest BCUT2D eigenvalue weighted by molar-refractivity contribution is 0.102. The van der Waals surface area contributed by atoms with E-state index in [2.05, 4.69) is 30.9 Å². The summed E-state index contributed by atoms with van der Waals surface area (Å²) in [4.78, 5) is 24.9. The van der Waals surface area contributed by atoms with Crippen molar-refractivity contribution in [2.75, 3.05) is 35.7 Å². The Labute approximate surface area is 167 Å². The molecule has 29 heavy (non-hydrogen) atoms. The molecule has 0 bridgehead atoms. The Bertz CT molecular complexity index is 934. The second-order valence-corrected chi connectivity index (χ2v) is 5.93. The summed E-state index contributed by atoms with van der Waals surface area (Å²) < 4.78 is 18.3. The molecule has 0 aliphatic carbocycles. The zero-order valence-electron chi connectivity index (χ0n) is 15.9. The van der Waals surface area contributed by atoms with Gasteiger partial charge in [-0.05, 0) is 37.3 Å².